The molecular formula is C22H23NO5. The standard InChI is InChI=1S/C22H23NO5/c24-21(26-13-15-4-2-1-3-5-15)23-17-7-8-18(23)12-22(25,11-17)16-6-9-19-20(10-16)28-14-27-19/h1-6,9-10,17-18,25H,7-8,11-14H2. The van der Waals surface area contributed by atoms with Gasteiger partial charge in [-0.05, 0) is 36.1 Å². The second-order valence-electron chi connectivity index (χ2n) is 7.84. The molecule has 0 aliphatic carbocycles. The SMILES string of the molecule is O=C(OCc1ccccc1)N1C2CCC1CC(O)(c1ccc3c(c1)OCO3)C2. The molecule has 0 radical (unpaired) electrons. The van der Waals surface area contributed by atoms with E-state index < -0.39 is 5.60 Å². The highest BCUT2D eigenvalue weighted by atomic mass is 16.7. The van der Waals surface area contributed by atoms with Gasteiger partial charge in [0, 0.05) is 24.9 Å². The van der Waals surface area contributed by atoms with E-state index in [1.807, 2.05) is 53.4 Å². The van der Waals surface area contributed by atoms with Crippen molar-refractivity contribution in [3.8, 4) is 11.5 Å². The number of carbonyl (C=O) groups is 1. The molecule has 2 unspecified atom stereocenters. The van der Waals surface area contributed by atoms with E-state index in [1.54, 1.807) is 0 Å². The van der Waals surface area contributed by atoms with Gasteiger partial charge < -0.3 is 24.2 Å². The fourth-order valence-corrected chi connectivity index (χ4v) is 4.74. The van der Waals surface area contributed by atoms with Crippen molar-refractivity contribution in [3.63, 3.8) is 0 Å². The minimum atomic E-state index is -0.969. The van der Waals surface area contributed by atoms with Crippen LogP contribution in [0.5, 0.6) is 11.5 Å². The second kappa shape index (κ2) is 6.71. The van der Waals surface area contributed by atoms with Crippen LogP contribution in [0, 0.1) is 0 Å². The van der Waals surface area contributed by atoms with Crippen LogP contribution in [0.1, 0.15) is 36.8 Å². The van der Waals surface area contributed by atoms with Gasteiger partial charge in [0.2, 0.25) is 6.79 Å². The summed E-state index contributed by atoms with van der Waals surface area (Å²) in [7, 11) is 0. The number of hydrogen-bond donors (Lipinski definition) is 1. The van der Waals surface area contributed by atoms with Gasteiger partial charge in [-0.15, -0.1) is 0 Å². The molecule has 3 heterocycles. The maximum atomic E-state index is 12.7. The molecule has 3 aliphatic rings. The summed E-state index contributed by atoms with van der Waals surface area (Å²) in [5.74, 6) is 1.38. The fraction of sp³-hybridized carbons (Fsp3) is 0.409. The van der Waals surface area contributed by atoms with E-state index in [1.165, 1.54) is 0 Å². The first-order valence-corrected chi connectivity index (χ1v) is 9.74. The lowest BCUT2D eigenvalue weighted by molar-refractivity contribution is -0.0537. The van der Waals surface area contributed by atoms with Crippen LogP contribution in [0.2, 0.25) is 0 Å². The molecule has 2 atom stereocenters. The van der Waals surface area contributed by atoms with Crippen LogP contribution in [-0.4, -0.2) is 35.0 Å². The van der Waals surface area contributed by atoms with E-state index in [0.717, 1.165) is 24.0 Å². The number of rotatable bonds is 3. The number of nitrogens with zero attached hydrogens (tertiary/aromatic N) is 1. The molecule has 2 aromatic rings. The smallest absolute Gasteiger partial charge is 0.410 e. The Balaban J connectivity index is 1.30. The average molecular weight is 381 g/mol. The van der Waals surface area contributed by atoms with Crippen LogP contribution >= 0.6 is 0 Å². The zero-order valence-corrected chi connectivity index (χ0v) is 15.5. The first kappa shape index (κ1) is 17.4. The number of carbonyl (C=O) groups excluding carboxylic acids is 1. The number of amides is 1. The maximum absolute atomic E-state index is 12.7. The van der Waals surface area contributed by atoms with Crippen LogP contribution in [0.25, 0.3) is 0 Å². The number of hydrogen-bond acceptors (Lipinski definition) is 5. The Hall–Kier alpha value is -2.73. The Morgan fingerprint density at radius 2 is 1.79 bits per heavy atom. The van der Waals surface area contributed by atoms with E-state index in [4.69, 9.17) is 14.2 Å². The van der Waals surface area contributed by atoms with Crippen molar-refractivity contribution in [2.75, 3.05) is 6.79 Å². The quantitative estimate of drug-likeness (QED) is 0.880. The zero-order chi connectivity index (χ0) is 19.1. The monoisotopic (exact) mass is 381 g/mol. The Kier molecular flexibility index (Phi) is 4.16. The topological polar surface area (TPSA) is 68.2 Å². The first-order valence-electron chi connectivity index (χ1n) is 9.74. The van der Waals surface area contributed by atoms with Crippen LogP contribution < -0.4 is 9.47 Å². The first-order chi connectivity index (χ1) is 13.6. The summed E-state index contributed by atoms with van der Waals surface area (Å²) in [4.78, 5) is 14.6. The van der Waals surface area contributed by atoms with E-state index in [-0.39, 0.29) is 31.6 Å². The molecule has 2 saturated heterocycles. The van der Waals surface area contributed by atoms with E-state index in [9.17, 15) is 9.90 Å². The van der Waals surface area contributed by atoms with Crippen molar-refractivity contribution in [1.82, 2.24) is 4.90 Å². The van der Waals surface area contributed by atoms with Gasteiger partial charge in [-0.1, -0.05) is 36.4 Å². The molecule has 6 nitrogen and oxygen atoms in total. The third-order valence-corrected chi connectivity index (χ3v) is 6.09. The molecule has 2 bridgehead atoms. The van der Waals surface area contributed by atoms with Gasteiger partial charge in [0.15, 0.2) is 11.5 Å². The number of ether oxygens (including phenoxy) is 3. The molecule has 0 saturated carbocycles. The van der Waals surface area contributed by atoms with Gasteiger partial charge in [-0.3, -0.25) is 0 Å². The molecule has 0 spiro atoms. The summed E-state index contributed by atoms with van der Waals surface area (Å²) >= 11 is 0. The van der Waals surface area contributed by atoms with Crippen molar-refractivity contribution in [2.45, 2.75) is 50.0 Å². The average Bonchev–Trinajstić information content (AvgIpc) is 3.29. The molecule has 2 aromatic carbocycles. The molecule has 1 N–H and O–H groups in total. The second-order valence-corrected chi connectivity index (χ2v) is 7.84. The molecule has 146 valence electrons. The molecule has 6 heteroatoms. The lowest BCUT2D eigenvalue weighted by atomic mass is 9.80. The Morgan fingerprint density at radius 3 is 2.54 bits per heavy atom. The molecule has 28 heavy (non-hydrogen) atoms. The van der Waals surface area contributed by atoms with Crippen LogP contribution in [0.15, 0.2) is 48.5 Å². The summed E-state index contributed by atoms with van der Waals surface area (Å²) in [5.41, 5.74) is 0.825. The molecule has 5 rings (SSSR count). The third-order valence-electron chi connectivity index (χ3n) is 6.09. The fourth-order valence-electron chi connectivity index (χ4n) is 4.74. The van der Waals surface area contributed by atoms with Gasteiger partial charge in [0.25, 0.3) is 0 Å². The Morgan fingerprint density at radius 1 is 1.07 bits per heavy atom. The molecule has 1 amide bonds. The van der Waals surface area contributed by atoms with Crippen molar-refractivity contribution in [3.05, 3.63) is 59.7 Å². The minimum Gasteiger partial charge on any atom is -0.454 e. The summed E-state index contributed by atoms with van der Waals surface area (Å²) in [6, 6.07) is 15.3. The summed E-state index contributed by atoms with van der Waals surface area (Å²) in [6.45, 7) is 0.478. The van der Waals surface area contributed by atoms with Crippen molar-refractivity contribution in [2.24, 2.45) is 0 Å². The Labute approximate surface area is 163 Å². The van der Waals surface area contributed by atoms with Crippen molar-refractivity contribution in [1.29, 1.82) is 0 Å². The van der Waals surface area contributed by atoms with E-state index in [2.05, 4.69) is 0 Å². The zero-order valence-electron chi connectivity index (χ0n) is 15.5. The summed E-state index contributed by atoms with van der Waals surface area (Å²) in [5, 5.41) is 11.4. The van der Waals surface area contributed by atoms with Gasteiger partial charge in [-0.25, -0.2) is 4.79 Å². The van der Waals surface area contributed by atoms with Gasteiger partial charge in [0.05, 0.1) is 5.60 Å². The van der Waals surface area contributed by atoms with Gasteiger partial charge >= 0.3 is 6.09 Å². The highest BCUT2D eigenvalue weighted by molar-refractivity contribution is 5.69. The summed E-state index contributed by atoms with van der Waals surface area (Å²) < 4.78 is 16.4. The highest BCUT2D eigenvalue weighted by Crippen LogP contribution is 2.47. The normalized spacial score (nSPS) is 27.7. The largest absolute Gasteiger partial charge is 0.454 e. The van der Waals surface area contributed by atoms with Crippen LogP contribution in [-0.2, 0) is 16.9 Å². The van der Waals surface area contributed by atoms with Crippen molar-refractivity contribution >= 4 is 6.09 Å². The van der Waals surface area contributed by atoms with Crippen molar-refractivity contribution < 1.29 is 24.1 Å². The molecule has 3 aliphatic heterocycles. The van der Waals surface area contributed by atoms with Crippen LogP contribution in [0.3, 0.4) is 0 Å². The maximum Gasteiger partial charge on any atom is 0.410 e. The number of piperidine rings is 1. The van der Waals surface area contributed by atoms with Crippen LogP contribution in [0.4, 0.5) is 4.79 Å². The molecule has 0 aromatic heterocycles. The van der Waals surface area contributed by atoms with E-state index >= 15 is 0 Å². The predicted molar refractivity (Wildman–Crippen MR) is 101 cm³/mol. The third kappa shape index (κ3) is 2.98. The van der Waals surface area contributed by atoms with E-state index in [0.29, 0.717) is 24.3 Å². The lowest BCUT2D eigenvalue weighted by Gasteiger charge is -2.43. The van der Waals surface area contributed by atoms with Gasteiger partial charge in [0.1, 0.15) is 6.61 Å². The predicted octanol–water partition coefficient (Wildman–Crippen LogP) is 3.57. The lowest BCUT2D eigenvalue weighted by Crippen LogP contribution is -2.52. The highest BCUT2D eigenvalue weighted by Gasteiger charge is 2.50. The number of aliphatic hydroxyl groups is 1. The molecular weight excluding hydrogens is 358 g/mol. The minimum absolute atomic E-state index is 0.0163. The number of benzene rings is 2. The Bertz CT molecular complexity index is 870. The van der Waals surface area contributed by atoms with Gasteiger partial charge in [-0.2, -0.15) is 0 Å². The summed E-state index contributed by atoms with van der Waals surface area (Å²) in [6.07, 6.45) is 2.49. The molecule has 2 fully saturated rings. The number of fused-ring (bicyclic) bond motifs is 3.